The molecule has 0 heterocycles. The summed E-state index contributed by atoms with van der Waals surface area (Å²) in [6.07, 6.45) is 0.735. The number of hydrogen-bond donors (Lipinski definition) is 1. The van der Waals surface area contributed by atoms with Gasteiger partial charge in [-0.1, -0.05) is 25.1 Å². The highest BCUT2D eigenvalue weighted by molar-refractivity contribution is 5.88. The molecule has 0 amide bonds. The normalized spacial score (nSPS) is 9.55. The summed E-state index contributed by atoms with van der Waals surface area (Å²) in [6.45, 7) is 1.93. The molecule has 2 heteroatoms. The molecule has 0 aliphatic rings. The molecule has 0 aliphatic carbocycles. The van der Waals surface area contributed by atoms with Crippen molar-refractivity contribution in [2.75, 3.05) is 0 Å². The maximum Gasteiger partial charge on any atom is 0.336 e. The standard InChI is InChI=1S/C9H9O2/c1-2-7-5-3-4-6-8(7)9(10)11/h3-5H,2H2,1H3,(H,10,11). The van der Waals surface area contributed by atoms with E-state index in [1.54, 1.807) is 18.2 Å². The molecule has 0 saturated heterocycles. The average Bonchev–Trinajstić information content (AvgIpc) is 2.04. The maximum absolute atomic E-state index is 10.5. The average molecular weight is 149 g/mol. The molecular formula is C9H9O2. The van der Waals surface area contributed by atoms with E-state index in [2.05, 4.69) is 6.07 Å². The summed E-state index contributed by atoms with van der Waals surface area (Å²) < 4.78 is 0. The second kappa shape index (κ2) is 3.19. The topological polar surface area (TPSA) is 37.3 Å². The van der Waals surface area contributed by atoms with E-state index >= 15 is 0 Å². The summed E-state index contributed by atoms with van der Waals surface area (Å²) in [5.74, 6) is -0.901. The van der Waals surface area contributed by atoms with Gasteiger partial charge in [0.1, 0.15) is 0 Å². The molecule has 1 aromatic carbocycles. The van der Waals surface area contributed by atoms with Crippen LogP contribution in [0.25, 0.3) is 0 Å². The third-order valence-electron chi connectivity index (χ3n) is 1.54. The van der Waals surface area contributed by atoms with Crippen molar-refractivity contribution in [2.45, 2.75) is 13.3 Å². The molecule has 0 saturated carbocycles. The van der Waals surface area contributed by atoms with Crippen molar-refractivity contribution in [3.8, 4) is 0 Å². The molecule has 1 radical (unpaired) electrons. The minimum Gasteiger partial charge on any atom is -0.478 e. The number of benzene rings is 1. The lowest BCUT2D eigenvalue weighted by molar-refractivity contribution is 0.0695. The van der Waals surface area contributed by atoms with Gasteiger partial charge in [-0.05, 0) is 18.1 Å². The molecule has 0 aliphatic heterocycles. The van der Waals surface area contributed by atoms with E-state index in [1.807, 2.05) is 6.92 Å². The third kappa shape index (κ3) is 1.58. The molecule has 1 N–H and O–H groups in total. The minimum absolute atomic E-state index is 0.287. The van der Waals surface area contributed by atoms with E-state index < -0.39 is 5.97 Å². The fourth-order valence-electron chi connectivity index (χ4n) is 0.965. The second-order valence-corrected chi connectivity index (χ2v) is 2.23. The number of rotatable bonds is 2. The molecular weight excluding hydrogens is 140 g/mol. The first-order chi connectivity index (χ1) is 5.25. The number of aromatic carboxylic acids is 1. The van der Waals surface area contributed by atoms with Gasteiger partial charge in [0.15, 0.2) is 0 Å². The van der Waals surface area contributed by atoms with Crippen molar-refractivity contribution in [3.05, 3.63) is 35.4 Å². The van der Waals surface area contributed by atoms with Gasteiger partial charge in [0.25, 0.3) is 0 Å². The quantitative estimate of drug-likeness (QED) is 0.695. The van der Waals surface area contributed by atoms with Crippen LogP contribution in [0.4, 0.5) is 0 Å². The lowest BCUT2D eigenvalue weighted by atomic mass is 10.1. The van der Waals surface area contributed by atoms with Crippen molar-refractivity contribution in [2.24, 2.45) is 0 Å². The highest BCUT2D eigenvalue weighted by Crippen LogP contribution is 2.07. The van der Waals surface area contributed by atoms with Gasteiger partial charge >= 0.3 is 5.97 Å². The fraction of sp³-hybridized carbons (Fsp3) is 0.222. The molecule has 0 fully saturated rings. The Morgan fingerprint density at radius 2 is 2.45 bits per heavy atom. The molecule has 1 rings (SSSR count). The highest BCUT2D eigenvalue weighted by Gasteiger charge is 2.06. The van der Waals surface area contributed by atoms with Crippen LogP contribution in [0.5, 0.6) is 0 Å². The van der Waals surface area contributed by atoms with Crippen molar-refractivity contribution in [3.63, 3.8) is 0 Å². The van der Waals surface area contributed by atoms with E-state index in [0.717, 1.165) is 12.0 Å². The van der Waals surface area contributed by atoms with E-state index in [0.29, 0.717) is 0 Å². The van der Waals surface area contributed by atoms with Gasteiger partial charge in [-0.2, -0.15) is 0 Å². The molecule has 0 atom stereocenters. The Bertz CT molecular complexity index is 266. The zero-order valence-electron chi connectivity index (χ0n) is 6.29. The van der Waals surface area contributed by atoms with Gasteiger partial charge in [0.2, 0.25) is 0 Å². The van der Waals surface area contributed by atoms with Crippen LogP contribution in [-0.4, -0.2) is 11.1 Å². The Kier molecular flexibility index (Phi) is 2.26. The summed E-state index contributed by atoms with van der Waals surface area (Å²) in [5, 5.41) is 8.67. The molecule has 11 heavy (non-hydrogen) atoms. The molecule has 57 valence electrons. The van der Waals surface area contributed by atoms with Crippen LogP contribution in [0.2, 0.25) is 0 Å². The van der Waals surface area contributed by atoms with Crippen molar-refractivity contribution in [1.29, 1.82) is 0 Å². The van der Waals surface area contributed by atoms with Crippen molar-refractivity contribution in [1.82, 2.24) is 0 Å². The Hall–Kier alpha value is -1.31. The Balaban J connectivity index is 3.12. The Morgan fingerprint density at radius 1 is 1.73 bits per heavy atom. The number of carboxylic acid groups (broad SMARTS) is 1. The van der Waals surface area contributed by atoms with E-state index in [4.69, 9.17) is 5.11 Å². The smallest absolute Gasteiger partial charge is 0.336 e. The van der Waals surface area contributed by atoms with Crippen LogP contribution < -0.4 is 0 Å². The maximum atomic E-state index is 10.5. The summed E-state index contributed by atoms with van der Waals surface area (Å²) in [4.78, 5) is 10.5. The van der Waals surface area contributed by atoms with Gasteiger partial charge in [-0.15, -0.1) is 0 Å². The van der Waals surface area contributed by atoms with Gasteiger partial charge in [0.05, 0.1) is 5.56 Å². The van der Waals surface area contributed by atoms with E-state index in [9.17, 15) is 4.79 Å². The predicted octanol–water partition coefficient (Wildman–Crippen LogP) is 1.75. The summed E-state index contributed by atoms with van der Waals surface area (Å²) in [6, 6.07) is 7.90. The Morgan fingerprint density at radius 3 is 2.91 bits per heavy atom. The predicted molar refractivity (Wildman–Crippen MR) is 41.6 cm³/mol. The number of hydrogen-bond acceptors (Lipinski definition) is 1. The van der Waals surface area contributed by atoms with Crippen LogP contribution in [0.3, 0.4) is 0 Å². The summed E-state index contributed by atoms with van der Waals surface area (Å²) >= 11 is 0. The molecule has 0 bridgehead atoms. The van der Waals surface area contributed by atoms with Gasteiger partial charge in [-0.25, -0.2) is 4.79 Å². The lowest BCUT2D eigenvalue weighted by Gasteiger charge is -1.99. The SMILES string of the molecule is CCc1ccc[c]c1C(=O)O. The first-order valence-corrected chi connectivity index (χ1v) is 3.48. The van der Waals surface area contributed by atoms with Crippen LogP contribution >= 0.6 is 0 Å². The summed E-state index contributed by atoms with van der Waals surface area (Å²) in [5.41, 5.74) is 1.12. The van der Waals surface area contributed by atoms with Crippen LogP contribution in [0, 0.1) is 6.07 Å². The fourth-order valence-corrected chi connectivity index (χ4v) is 0.965. The van der Waals surface area contributed by atoms with Crippen LogP contribution in [0.1, 0.15) is 22.8 Å². The van der Waals surface area contributed by atoms with Gasteiger partial charge < -0.3 is 5.11 Å². The van der Waals surface area contributed by atoms with Gasteiger partial charge in [-0.3, -0.25) is 0 Å². The lowest BCUT2D eigenvalue weighted by Crippen LogP contribution is -2.00. The first-order valence-electron chi connectivity index (χ1n) is 3.48. The molecule has 0 aromatic heterocycles. The zero-order valence-corrected chi connectivity index (χ0v) is 6.29. The Labute approximate surface area is 65.5 Å². The molecule has 0 unspecified atom stereocenters. The molecule has 0 spiro atoms. The van der Waals surface area contributed by atoms with E-state index in [-0.39, 0.29) is 5.56 Å². The second-order valence-electron chi connectivity index (χ2n) is 2.23. The van der Waals surface area contributed by atoms with Crippen molar-refractivity contribution < 1.29 is 9.90 Å². The zero-order chi connectivity index (χ0) is 8.27. The van der Waals surface area contributed by atoms with Crippen molar-refractivity contribution >= 4 is 5.97 Å². The van der Waals surface area contributed by atoms with Crippen LogP contribution in [0.15, 0.2) is 18.2 Å². The monoisotopic (exact) mass is 149 g/mol. The van der Waals surface area contributed by atoms with E-state index in [1.165, 1.54) is 0 Å². The third-order valence-corrected chi connectivity index (χ3v) is 1.54. The van der Waals surface area contributed by atoms with Crippen LogP contribution in [-0.2, 0) is 6.42 Å². The molecule has 2 nitrogen and oxygen atoms in total. The number of carbonyl (C=O) groups is 1. The number of aryl methyl sites for hydroxylation is 1. The first kappa shape index (κ1) is 7.79. The number of carboxylic acids is 1. The minimum atomic E-state index is -0.901. The molecule has 1 aromatic rings. The van der Waals surface area contributed by atoms with Gasteiger partial charge in [0, 0.05) is 0 Å². The summed E-state index contributed by atoms with van der Waals surface area (Å²) in [7, 11) is 0. The highest BCUT2D eigenvalue weighted by atomic mass is 16.4. The largest absolute Gasteiger partial charge is 0.478 e.